The van der Waals surface area contributed by atoms with Crippen molar-refractivity contribution >= 4 is 23.4 Å². The summed E-state index contributed by atoms with van der Waals surface area (Å²) >= 11 is 5.88. The van der Waals surface area contributed by atoms with Gasteiger partial charge in [-0.3, -0.25) is 9.69 Å². The van der Waals surface area contributed by atoms with E-state index in [4.69, 9.17) is 16.3 Å². The lowest BCUT2D eigenvalue weighted by molar-refractivity contribution is -0.143. The van der Waals surface area contributed by atoms with Gasteiger partial charge in [-0.15, -0.1) is 0 Å². The Hall–Kier alpha value is -1.33. The number of piperazine rings is 1. The second kappa shape index (κ2) is 9.73. The molecule has 0 aliphatic carbocycles. The van der Waals surface area contributed by atoms with E-state index in [1.54, 1.807) is 6.20 Å². The summed E-state index contributed by atoms with van der Waals surface area (Å²) in [5.41, 5.74) is 0. The number of carbonyl (C=O) groups is 1. The minimum atomic E-state index is -0.0726. The largest absolute Gasteiger partial charge is 0.466 e. The zero-order valence-corrected chi connectivity index (χ0v) is 14.6. The maximum Gasteiger partial charge on any atom is 0.305 e. The minimum absolute atomic E-state index is 0.0726. The molecular weight excluding hydrogens is 314 g/mol. The fourth-order valence-electron chi connectivity index (χ4n) is 2.77. The summed E-state index contributed by atoms with van der Waals surface area (Å²) < 4.78 is 4.93. The van der Waals surface area contributed by atoms with Crippen molar-refractivity contribution in [3.63, 3.8) is 0 Å². The van der Waals surface area contributed by atoms with Gasteiger partial charge in [-0.25, -0.2) is 4.98 Å². The molecule has 1 aromatic heterocycles. The van der Waals surface area contributed by atoms with E-state index in [-0.39, 0.29) is 5.97 Å². The topological polar surface area (TPSA) is 45.7 Å². The molecule has 0 radical (unpaired) electrons. The van der Waals surface area contributed by atoms with Crippen LogP contribution in [0.3, 0.4) is 0 Å². The van der Waals surface area contributed by atoms with E-state index in [9.17, 15) is 4.79 Å². The van der Waals surface area contributed by atoms with Crippen LogP contribution in [-0.2, 0) is 9.53 Å². The van der Waals surface area contributed by atoms with E-state index in [0.29, 0.717) is 18.1 Å². The van der Waals surface area contributed by atoms with Crippen molar-refractivity contribution in [2.75, 3.05) is 44.2 Å². The highest BCUT2D eigenvalue weighted by Gasteiger charge is 2.17. The Labute approximate surface area is 143 Å². The van der Waals surface area contributed by atoms with E-state index in [0.717, 1.165) is 57.8 Å². The Kier molecular flexibility index (Phi) is 7.62. The molecule has 2 heterocycles. The summed E-state index contributed by atoms with van der Waals surface area (Å²) in [5, 5.41) is 0.676. The van der Waals surface area contributed by atoms with Crippen LogP contribution in [0.25, 0.3) is 0 Å². The second-order valence-electron chi connectivity index (χ2n) is 5.78. The summed E-state index contributed by atoms with van der Waals surface area (Å²) in [6.45, 7) is 7.53. The number of esters is 1. The van der Waals surface area contributed by atoms with Crippen LogP contribution in [0.1, 0.15) is 32.6 Å². The van der Waals surface area contributed by atoms with Crippen molar-refractivity contribution in [2.45, 2.75) is 32.6 Å². The van der Waals surface area contributed by atoms with E-state index in [1.165, 1.54) is 0 Å². The highest BCUT2D eigenvalue weighted by Crippen LogP contribution is 2.16. The molecule has 1 aliphatic rings. The molecule has 5 nitrogen and oxygen atoms in total. The zero-order chi connectivity index (χ0) is 16.5. The van der Waals surface area contributed by atoms with Crippen LogP contribution in [0.4, 0.5) is 5.82 Å². The van der Waals surface area contributed by atoms with Crippen LogP contribution in [0, 0.1) is 0 Å². The third-order valence-corrected chi connectivity index (χ3v) is 4.29. The van der Waals surface area contributed by atoms with E-state index in [2.05, 4.69) is 14.8 Å². The second-order valence-corrected chi connectivity index (χ2v) is 6.22. The van der Waals surface area contributed by atoms with Crippen LogP contribution in [0.5, 0.6) is 0 Å². The Morgan fingerprint density at radius 3 is 2.65 bits per heavy atom. The van der Waals surface area contributed by atoms with Gasteiger partial charge in [0.2, 0.25) is 0 Å². The zero-order valence-electron chi connectivity index (χ0n) is 13.8. The smallest absolute Gasteiger partial charge is 0.305 e. The number of ether oxygens (including phenoxy) is 1. The Bertz CT molecular complexity index is 473. The molecule has 0 amide bonds. The summed E-state index contributed by atoms with van der Waals surface area (Å²) in [5.74, 6) is 0.931. The van der Waals surface area contributed by atoms with Gasteiger partial charge in [0.15, 0.2) is 0 Å². The quantitative estimate of drug-likeness (QED) is 0.538. The first-order valence-corrected chi connectivity index (χ1v) is 8.81. The summed E-state index contributed by atoms with van der Waals surface area (Å²) in [6, 6.07) is 3.87. The summed E-state index contributed by atoms with van der Waals surface area (Å²) in [4.78, 5) is 20.4. The number of halogens is 1. The van der Waals surface area contributed by atoms with Crippen molar-refractivity contribution in [1.82, 2.24) is 9.88 Å². The Balaban J connectivity index is 1.58. The maximum atomic E-state index is 11.2. The van der Waals surface area contributed by atoms with Gasteiger partial charge in [-0.2, -0.15) is 0 Å². The van der Waals surface area contributed by atoms with E-state index >= 15 is 0 Å². The lowest BCUT2D eigenvalue weighted by Gasteiger charge is -2.35. The van der Waals surface area contributed by atoms with Crippen LogP contribution >= 0.6 is 11.6 Å². The van der Waals surface area contributed by atoms with Crippen LogP contribution in [0.2, 0.25) is 5.02 Å². The standard InChI is InChI=1S/C17H26ClN3O2/c1-2-23-17(22)6-4-3-5-9-20-10-12-21(13-11-20)16-8-7-15(18)14-19-16/h7-8,14H,2-6,9-13H2,1H3. The molecule has 0 aromatic carbocycles. The molecule has 1 fully saturated rings. The molecule has 1 saturated heterocycles. The normalized spacial score (nSPS) is 15.7. The maximum absolute atomic E-state index is 11.2. The molecule has 1 aromatic rings. The molecular formula is C17H26ClN3O2. The van der Waals surface area contributed by atoms with Gasteiger partial charge in [-0.05, 0) is 38.4 Å². The molecule has 2 rings (SSSR count). The van der Waals surface area contributed by atoms with Gasteiger partial charge >= 0.3 is 5.97 Å². The molecule has 1 aliphatic heterocycles. The van der Waals surface area contributed by atoms with Crippen molar-refractivity contribution in [1.29, 1.82) is 0 Å². The van der Waals surface area contributed by atoms with E-state index in [1.807, 2.05) is 19.1 Å². The number of rotatable bonds is 8. The lowest BCUT2D eigenvalue weighted by atomic mass is 10.2. The first-order valence-electron chi connectivity index (χ1n) is 8.43. The lowest BCUT2D eigenvalue weighted by Crippen LogP contribution is -2.46. The predicted molar refractivity (Wildman–Crippen MR) is 93.0 cm³/mol. The number of unbranched alkanes of at least 4 members (excludes halogenated alkanes) is 2. The number of carbonyl (C=O) groups excluding carboxylic acids is 1. The first-order chi connectivity index (χ1) is 11.2. The average molecular weight is 340 g/mol. The molecule has 0 N–H and O–H groups in total. The first kappa shape index (κ1) is 18.0. The molecule has 0 unspecified atom stereocenters. The molecule has 0 spiro atoms. The van der Waals surface area contributed by atoms with Crippen LogP contribution in [-0.4, -0.2) is 55.2 Å². The number of pyridine rings is 1. The molecule has 0 saturated carbocycles. The van der Waals surface area contributed by atoms with E-state index < -0.39 is 0 Å². The van der Waals surface area contributed by atoms with Gasteiger partial charge in [0.25, 0.3) is 0 Å². The van der Waals surface area contributed by atoms with Crippen molar-refractivity contribution in [3.8, 4) is 0 Å². The highest BCUT2D eigenvalue weighted by molar-refractivity contribution is 6.30. The summed E-state index contributed by atoms with van der Waals surface area (Å²) in [6.07, 6.45) is 5.39. The van der Waals surface area contributed by atoms with Crippen LogP contribution in [0.15, 0.2) is 18.3 Å². The predicted octanol–water partition coefficient (Wildman–Crippen LogP) is 2.98. The van der Waals surface area contributed by atoms with Gasteiger partial charge in [-0.1, -0.05) is 18.0 Å². The minimum Gasteiger partial charge on any atom is -0.466 e. The highest BCUT2D eigenvalue weighted by atomic mass is 35.5. The van der Waals surface area contributed by atoms with Crippen molar-refractivity contribution < 1.29 is 9.53 Å². The van der Waals surface area contributed by atoms with Gasteiger partial charge < -0.3 is 9.64 Å². The van der Waals surface area contributed by atoms with Gasteiger partial charge in [0.1, 0.15) is 5.82 Å². The number of hydrogen-bond acceptors (Lipinski definition) is 5. The Morgan fingerprint density at radius 1 is 1.22 bits per heavy atom. The molecule has 6 heteroatoms. The number of hydrogen-bond donors (Lipinski definition) is 0. The molecule has 23 heavy (non-hydrogen) atoms. The molecule has 0 atom stereocenters. The number of nitrogens with zero attached hydrogens (tertiary/aromatic N) is 3. The number of aromatic nitrogens is 1. The SMILES string of the molecule is CCOC(=O)CCCCCN1CCN(c2ccc(Cl)cn2)CC1. The molecule has 0 bridgehead atoms. The van der Waals surface area contributed by atoms with Crippen LogP contribution < -0.4 is 4.90 Å². The molecule has 128 valence electrons. The summed E-state index contributed by atoms with van der Waals surface area (Å²) in [7, 11) is 0. The van der Waals surface area contributed by atoms with Crippen molar-refractivity contribution in [2.24, 2.45) is 0 Å². The monoisotopic (exact) mass is 339 g/mol. The van der Waals surface area contributed by atoms with Crippen molar-refractivity contribution in [3.05, 3.63) is 23.4 Å². The fraction of sp³-hybridized carbons (Fsp3) is 0.647. The number of anilines is 1. The third kappa shape index (κ3) is 6.36. The fourth-order valence-corrected chi connectivity index (χ4v) is 2.88. The third-order valence-electron chi connectivity index (χ3n) is 4.07. The van der Waals surface area contributed by atoms with Gasteiger partial charge in [0, 0.05) is 38.8 Å². The Morgan fingerprint density at radius 2 is 2.00 bits per heavy atom. The average Bonchev–Trinajstić information content (AvgIpc) is 2.56. The van der Waals surface area contributed by atoms with Gasteiger partial charge in [0.05, 0.1) is 11.6 Å².